The first-order valence-corrected chi connectivity index (χ1v) is 12.9. The Balaban J connectivity index is 1.93. The van der Waals surface area contributed by atoms with E-state index in [1.165, 1.54) is 16.2 Å². The number of benzene rings is 2. The second-order valence-corrected chi connectivity index (χ2v) is 10.3. The first kappa shape index (κ1) is 23.6. The third-order valence-electron chi connectivity index (χ3n) is 5.66. The average molecular weight is 482 g/mol. The monoisotopic (exact) mass is 481 g/mol. The van der Waals surface area contributed by atoms with E-state index in [9.17, 15) is 13.2 Å². The van der Waals surface area contributed by atoms with Crippen molar-refractivity contribution in [3.05, 3.63) is 76.8 Å². The van der Waals surface area contributed by atoms with E-state index in [0.29, 0.717) is 29.1 Å². The van der Waals surface area contributed by atoms with Crippen LogP contribution in [0.25, 0.3) is 22.2 Å². The molecular formula is C25H27N3O5S. The lowest BCUT2D eigenvalue weighted by Gasteiger charge is -2.19. The van der Waals surface area contributed by atoms with E-state index in [0.717, 1.165) is 17.4 Å². The van der Waals surface area contributed by atoms with Gasteiger partial charge in [0.05, 0.1) is 42.2 Å². The van der Waals surface area contributed by atoms with Crippen molar-refractivity contribution in [3.63, 3.8) is 0 Å². The van der Waals surface area contributed by atoms with Gasteiger partial charge in [0.25, 0.3) is 5.88 Å². The van der Waals surface area contributed by atoms with Gasteiger partial charge in [-0.1, -0.05) is 36.4 Å². The highest BCUT2D eigenvalue weighted by Crippen LogP contribution is 2.31. The molecule has 0 bridgehead atoms. The number of ether oxygens (including phenoxy) is 2. The zero-order chi connectivity index (χ0) is 24.5. The second kappa shape index (κ2) is 9.34. The number of fused-ring (bicyclic) bond motifs is 1. The topological polar surface area (TPSA) is 92.4 Å². The van der Waals surface area contributed by atoms with Crippen molar-refractivity contribution < 1.29 is 17.9 Å². The Labute approximate surface area is 198 Å². The Morgan fingerprint density at radius 2 is 1.74 bits per heavy atom. The molecule has 9 heteroatoms. The van der Waals surface area contributed by atoms with Crippen LogP contribution in [0.1, 0.15) is 18.7 Å². The number of hydrogen-bond acceptors (Lipinski definition) is 6. The largest absolute Gasteiger partial charge is 0.491 e. The standard InChI is InChI=1S/C25H27N3O5S/c1-5-33-24-23(32-3)14-12-19(26-24)22(16-34(4,30)31)28-20-13-11-18(17-9-7-6-8-10-17)15-21(20)27(2)25(28)29/h6-15,22H,5,16H2,1-4H3/t22-/m1/s1. The van der Waals surface area contributed by atoms with Crippen molar-refractivity contribution in [2.75, 3.05) is 25.7 Å². The molecule has 2 heterocycles. The number of imidazole rings is 1. The fourth-order valence-electron chi connectivity index (χ4n) is 4.08. The van der Waals surface area contributed by atoms with Crippen molar-refractivity contribution in [3.8, 4) is 22.8 Å². The molecule has 0 aliphatic carbocycles. The Kier molecular flexibility index (Phi) is 6.47. The van der Waals surface area contributed by atoms with Crippen molar-refractivity contribution in [2.45, 2.75) is 13.0 Å². The van der Waals surface area contributed by atoms with Gasteiger partial charge in [-0.05, 0) is 42.3 Å². The summed E-state index contributed by atoms with van der Waals surface area (Å²) in [5, 5.41) is 0. The molecule has 4 aromatic rings. The highest BCUT2D eigenvalue weighted by atomic mass is 32.2. The van der Waals surface area contributed by atoms with Crippen LogP contribution in [0, 0.1) is 0 Å². The maximum Gasteiger partial charge on any atom is 0.329 e. The van der Waals surface area contributed by atoms with Gasteiger partial charge in [0.15, 0.2) is 5.75 Å². The fraction of sp³-hybridized carbons (Fsp3) is 0.280. The highest BCUT2D eigenvalue weighted by Gasteiger charge is 2.27. The molecule has 0 saturated carbocycles. The Bertz CT molecular complexity index is 1490. The number of pyridine rings is 1. The van der Waals surface area contributed by atoms with Crippen LogP contribution >= 0.6 is 0 Å². The number of rotatable bonds is 8. The smallest absolute Gasteiger partial charge is 0.329 e. The zero-order valence-electron chi connectivity index (χ0n) is 19.6. The quantitative estimate of drug-likeness (QED) is 0.383. The molecule has 0 aliphatic heterocycles. The van der Waals surface area contributed by atoms with Gasteiger partial charge in [0.1, 0.15) is 9.84 Å². The summed E-state index contributed by atoms with van der Waals surface area (Å²) in [5.41, 5.74) is 3.37. The minimum absolute atomic E-state index is 0.251. The first-order valence-electron chi connectivity index (χ1n) is 10.9. The van der Waals surface area contributed by atoms with Crippen LogP contribution in [0.4, 0.5) is 0 Å². The molecule has 4 rings (SSSR count). The molecule has 0 spiro atoms. The predicted octanol–water partition coefficient (Wildman–Crippen LogP) is 3.44. The third kappa shape index (κ3) is 4.56. The number of aryl methyl sites for hydroxylation is 1. The third-order valence-corrected chi connectivity index (χ3v) is 6.58. The van der Waals surface area contributed by atoms with Crippen LogP contribution in [-0.4, -0.2) is 48.3 Å². The number of methoxy groups -OCH3 is 1. The summed E-state index contributed by atoms with van der Waals surface area (Å²) in [6.45, 7) is 2.18. The van der Waals surface area contributed by atoms with Crippen molar-refractivity contribution in [1.29, 1.82) is 0 Å². The molecule has 0 amide bonds. The van der Waals surface area contributed by atoms with E-state index in [1.807, 2.05) is 55.5 Å². The molecule has 2 aromatic carbocycles. The second-order valence-electron chi connectivity index (χ2n) is 8.07. The molecule has 0 unspecified atom stereocenters. The Hall–Kier alpha value is -3.59. The summed E-state index contributed by atoms with van der Waals surface area (Å²) in [5.74, 6) is 0.388. The Morgan fingerprint density at radius 1 is 1.00 bits per heavy atom. The van der Waals surface area contributed by atoms with Crippen LogP contribution in [0.3, 0.4) is 0 Å². The summed E-state index contributed by atoms with van der Waals surface area (Å²) in [4.78, 5) is 18.0. The van der Waals surface area contributed by atoms with Gasteiger partial charge in [-0.25, -0.2) is 18.2 Å². The number of sulfone groups is 1. The Morgan fingerprint density at radius 3 is 2.38 bits per heavy atom. The minimum atomic E-state index is -3.47. The number of hydrogen-bond donors (Lipinski definition) is 0. The van der Waals surface area contributed by atoms with Gasteiger partial charge < -0.3 is 9.47 Å². The lowest BCUT2D eigenvalue weighted by molar-refractivity contribution is 0.296. The van der Waals surface area contributed by atoms with E-state index in [4.69, 9.17) is 9.47 Å². The van der Waals surface area contributed by atoms with Gasteiger partial charge >= 0.3 is 5.69 Å². The van der Waals surface area contributed by atoms with E-state index in [1.54, 1.807) is 19.2 Å². The molecule has 8 nitrogen and oxygen atoms in total. The van der Waals surface area contributed by atoms with Crippen LogP contribution in [0.15, 0.2) is 65.5 Å². The summed E-state index contributed by atoms with van der Waals surface area (Å²) in [6, 6.07) is 18.1. The summed E-state index contributed by atoms with van der Waals surface area (Å²) >= 11 is 0. The number of nitrogens with zero attached hydrogens (tertiary/aromatic N) is 3. The number of aromatic nitrogens is 3. The summed E-state index contributed by atoms with van der Waals surface area (Å²) < 4.78 is 38.8. The molecule has 0 fully saturated rings. The molecule has 2 aromatic heterocycles. The molecule has 0 radical (unpaired) electrons. The normalized spacial score (nSPS) is 12.6. The lowest BCUT2D eigenvalue weighted by atomic mass is 10.1. The molecule has 1 atom stereocenters. The zero-order valence-corrected chi connectivity index (χ0v) is 20.4. The fourth-order valence-corrected chi connectivity index (χ4v) is 4.97. The van der Waals surface area contributed by atoms with Gasteiger partial charge in [0.2, 0.25) is 0 Å². The summed E-state index contributed by atoms with van der Waals surface area (Å²) in [6.07, 6.45) is 1.15. The molecule has 34 heavy (non-hydrogen) atoms. The first-order chi connectivity index (χ1) is 16.2. The summed E-state index contributed by atoms with van der Waals surface area (Å²) in [7, 11) is -0.281. The van der Waals surface area contributed by atoms with Crippen LogP contribution in [0.2, 0.25) is 0 Å². The SMILES string of the molecule is CCOc1nc([C@@H](CS(C)(=O)=O)n2c(=O)n(C)c3cc(-c4ccccc4)ccc32)ccc1OC. The van der Waals surface area contributed by atoms with Crippen molar-refractivity contribution in [2.24, 2.45) is 7.05 Å². The van der Waals surface area contributed by atoms with Crippen LogP contribution in [0.5, 0.6) is 11.6 Å². The molecule has 0 aliphatic rings. The van der Waals surface area contributed by atoms with E-state index >= 15 is 0 Å². The van der Waals surface area contributed by atoms with Gasteiger partial charge in [-0.15, -0.1) is 0 Å². The van der Waals surface area contributed by atoms with Crippen molar-refractivity contribution in [1.82, 2.24) is 14.1 Å². The molecule has 0 N–H and O–H groups in total. The van der Waals surface area contributed by atoms with Gasteiger partial charge in [-0.2, -0.15) is 0 Å². The predicted molar refractivity (Wildman–Crippen MR) is 132 cm³/mol. The van der Waals surface area contributed by atoms with Gasteiger partial charge in [-0.3, -0.25) is 9.13 Å². The van der Waals surface area contributed by atoms with E-state index in [-0.39, 0.29) is 17.3 Å². The maximum absolute atomic E-state index is 13.4. The minimum Gasteiger partial charge on any atom is -0.491 e. The molecule has 0 saturated heterocycles. The van der Waals surface area contributed by atoms with Crippen molar-refractivity contribution >= 4 is 20.9 Å². The molecular weight excluding hydrogens is 454 g/mol. The van der Waals surface area contributed by atoms with E-state index in [2.05, 4.69) is 4.98 Å². The van der Waals surface area contributed by atoms with E-state index < -0.39 is 15.9 Å². The average Bonchev–Trinajstić information content (AvgIpc) is 3.07. The molecule has 178 valence electrons. The highest BCUT2D eigenvalue weighted by molar-refractivity contribution is 7.90. The van der Waals surface area contributed by atoms with Crippen LogP contribution < -0.4 is 15.2 Å². The van der Waals surface area contributed by atoms with Crippen LogP contribution in [-0.2, 0) is 16.9 Å². The maximum atomic E-state index is 13.4. The lowest BCUT2D eigenvalue weighted by Crippen LogP contribution is -2.31. The van der Waals surface area contributed by atoms with Gasteiger partial charge in [0, 0.05) is 13.3 Å².